The Morgan fingerprint density at radius 2 is 2.14 bits per heavy atom. The molecule has 0 aliphatic rings. The van der Waals surface area contributed by atoms with Crippen LogP contribution in [-0.2, 0) is 0 Å². The van der Waals surface area contributed by atoms with Crippen LogP contribution in [0.4, 0.5) is 4.39 Å². The Labute approximate surface area is 85.8 Å². The first-order chi connectivity index (χ1) is 6.61. The summed E-state index contributed by atoms with van der Waals surface area (Å²) in [5, 5.41) is 3.06. The van der Waals surface area contributed by atoms with Crippen LogP contribution < -0.4 is 5.32 Å². The van der Waals surface area contributed by atoms with Gasteiger partial charge in [0.15, 0.2) is 0 Å². The molecule has 0 heterocycles. The Hall–Kier alpha value is -1.09. The third-order valence-electron chi connectivity index (χ3n) is 1.87. The van der Waals surface area contributed by atoms with Crippen molar-refractivity contribution in [1.82, 2.24) is 10.2 Å². The molecular formula is C11H19FN2. The lowest BCUT2D eigenvalue weighted by Gasteiger charge is -2.19. The van der Waals surface area contributed by atoms with E-state index in [1.807, 2.05) is 27.1 Å². The molecule has 0 amide bonds. The molecule has 0 bridgehead atoms. The van der Waals surface area contributed by atoms with Gasteiger partial charge in [0.25, 0.3) is 0 Å². The van der Waals surface area contributed by atoms with E-state index < -0.39 is 5.83 Å². The molecule has 0 atom stereocenters. The third kappa shape index (κ3) is 5.54. The monoisotopic (exact) mass is 198 g/mol. The fraction of sp³-hybridized carbons (Fsp3) is 0.455. The number of likely N-dealkylation sites (N-methyl/N-ethyl adjacent to an activating group) is 2. The fourth-order valence-electron chi connectivity index (χ4n) is 1.03. The maximum absolute atomic E-state index is 12.4. The molecule has 0 aliphatic carbocycles. The number of hydrogen-bond donors (Lipinski definition) is 1. The molecule has 1 N–H and O–H groups in total. The zero-order valence-corrected chi connectivity index (χ0v) is 9.18. The molecule has 0 aromatic rings. The summed E-state index contributed by atoms with van der Waals surface area (Å²) in [5.74, 6) is -0.425. The van der Waals surface area contributed by atoms with E-state index in [4.69, 9.17) is 0 Å². The highest BCUT2D eigenvalue weighted by molar-refractivity contribution is 5.21. The second-order valence-electron chi connectivity index (χ2n) is 3.02. The van der Waals surface area contributed by atoms with Crippen LogP contribution in [0.2, 0.25) is 0 Å². The highest BCUT2D eigenvalue weighted by Gasteiger charge is 1.98. The summed E-state index contributed by atoms with van der Waals surface area (Å²) in [6.07, 6.45) is 5.03. The molecule has 14 heavy (non-hydrogen) atoms. The van der Waals surface area contributed by atoms with E-state index in [-0.39, 0.29) is 0 Å². The van der Waals surface area contributed by atoms with Gasteiger partial charge in [0.05, 0.1) is 0 Å². The molecule has 0 rings (SSSR count). The predicted molar refractivity (Wildman–Crippen MR) is 59.7 cm³/mol. The first kappa shape index (κ1) is 12.9. The van der Waals surface area contributed by atoms with Crippen molar-refractivity contribution < 1.29 is 4.39 Å². The summed E-state index contributed by atoms with van der Waals surface area (Å²) in [5.41, 5.74) is 0.985. The average Bonchev–Trinajstić information content (AvgIpc) is 2.15. The second kappa shape index (κ2) is 7.33. The van der Waals surface area contributed by atoms with Gasteiger partial charge in [-0.25, -0.2) is 4.39 Å². The lowest BCUT2D eigenvalue weighted by molar-refractivity contribution is 0.426. The van der Waals surface area contributed by atoms with Crippen LogP contribution in [0.25, 0.3) is 0 Å². The van der Waals surface area contributed by atoms with Gasteiger partial charge in [-0.15, -0.1) is 0 Å². The van der Waals surface area contributed by atoms with Gasteiger partial charge < -0.3 is 10.2 Å². The summed E-state index contributed by atoms with van der Waals surface area (Å²) >= 11 is 0. The predicted octanol–water partition coefficient (Wildman–Crippen LogP) is 2.08. The van der Waals surface area contributed by atoms with Crippen molar-refractivity contribution in [3.63, 3.8) is 0 Å². The van der Waals surface area contributed by atoms with Crippen LogP contribution in [0.15, 0.2) is 36.3 Å². The lowest BCUT2D eigenvalue weighted by atomic mass is 10.3. The van der Waals surface area contributed by atoms with Gasteiger partial charge in [0.2, 0.25) is 0 Å². The van der Waals surface area contributed by atoms with E-state index in [1.165, 1.54) is 6.08 Å². The first-order valence-electron chi connectivity index (χ1n) is 4.66. The maximum Gasteiger partial charge on any atom is 0.116 e. The molecule has 80 valence electrons. The highest BCUT2D eigenvalue weighted by atomic mass is 19.1. The molecule has 0 radical (unpaired) electrons. The number of allylic oxidation sites excluding steroid dienone is 4. The Morgan fingerprint density at radius 1 is 1.50 bits per heavy atom. The van der Waals surface area contributed by atoms with Crippen molar-refractivity contribution in [2.45, 2.75) is 6.92 Å². The van der Waals surface area contributed by atoms with Gasteiger partial charge in [0, 0.05) is 25.8 Å². The lowest BCUT2D eigenvalue weighted by Crippen LogP contribution is -2.26. The van der Waals surface area contributed by atoms with Crippen LogP contribution in [0.1, 0.15) is 6.92 Å². The molecular weight excluding hydrogens is 179 g/mol. The smallest absolute Gasteiger partial charge is 0.116 e. The first-order valence-corrected chi connectivity index (χ1v) is 4.66. The second-order valence-corrected chi connectivity index (χ2v) is 3.02. The molecule has 0 aliphatic heterocycles. The van der Waals surface area contributed by atoms with E-state index in [2.05, 4.69) is 16.8 Å². The van der Waals surface area contributed by atoms with E-state index in [0.717, 1.165) is 18.8 Å². The largest absolute Gasteiger partial charge is 0.374 e. The van der Waals surface area contributed by atoms with Crippen molar-refractivity contribution in [3.05, 3.63) is 36.3 Å². The number of nitrogens with one attached hydrogen (secondary N) is 1. The van der Waals surface area contributed by atoms with Gasteiger partial charge >= 0.3 is 0 Å². The van der Waals surface area contributed by atoms with Crippen molar-refractivity contribution >= 4 is 0 Å². The minimum atomic E-state index is -0.425. The van der Waals surface area contributed by atoms with E-state index in [9.17, 15) is 4.39 Å². The maximum atomic E-state index is 12.4. The molecule has 0 saturated heterocycles. The Balaban J connectivity index is 4.20. The summed E-state index contributed by atoms with van der Waals surface area (Å²) in [6.45, 7) is 6.89. The fourth-order valence-corrected chi connectivity index (χ4v) is 1.03. The minimum Gasteiger partial charge on any atom is -0.374 e. The van der Waals surface area contributed by atoms with Crippen molar-refractivity contribution in [3.8, 4) is 0 Å². The molecule has 0 aromatic heterocycles. The van der Waals surface area contributed by atoms with Gasteiger partial charge in [-0.05, 0) is 26.1 Å². The van der Waals surface area contributed by atoms with Crippen molar-refractivity contribution in [2.75, 3.05) is 27.2 Å². The van der Waals surface area contributed by atoms with Gasteiger partial charge in [-0.2, -0.15) is 0 Å². The van der Waals surface area contributed by atoms with Crippen molar-refractivity contribution in [1.29, 1.82) is 0 Å². The zero-order chi connectivity index (χ0) is 11.0. The number of hydrogen-bond acceptors (Lipinski definition) is 2. The topological polar surface area (TPSA) is 15.3 Å². The molecule has 0 aromatic carbocycles. The van der Waals surface area contributed by atoms with Crippen LogP contribution in [0.5, 0.6) is 0 Å². The molecule has 0 unspecified atom stereocenters. The number of rotatable bonds is 6. The summed E-state index contributed by atoms with van der Waals surface area (Å²) in [4.78, 5) is 2.05. The highest BCUT2D eigenvalue weighted by Crippen LogP contribution is 2.05. The van der Waals surface area contributed by atoms with Gasteiger partial charge in [-0.1, -0.05) is 12.7 Å². The molecule has 2 nitrogen and oxygen atoms in total. The minimum absolute atomic E-state index is 0.425. The Kier molecular flexibility index (Phi) is 6.76. The normalized spacial score (nSPS) is 12.1. The number of nitrogens with zero attached hydrogens (tertiary/aromatic N) is 1. The Morgan fingerprint density at radius 3 is 2.57 bits per heavy atom. The van der Waals surface area contributed by atoms with E-state index in [1.54, 1.807) is 6.08 Å². The average molecular weight is 198 g/mol. The van der Waals surface area contributed by atoms with Crippen LogP contribution in [0.3, 0.4) is 0 Å². The zero-order valence-electron chi connectivity index (χ0n) is 9.18. The van der Waals surface area contributed by atoms with Crippen LogP contribution in [0, 0.1) is 0 Å². The molecule has 0 saturated carbocycles. The van der Waals surface area contributed by atoms with E-state index in [0.29, 0.717) is 0 Å². The number of halogens is 1. The van der Waals surface area contributed by atoms with E-state index >= 15 is 0 Å². The van der Waals surface area contributed by atoms with Crippen LogP contribution >= 0.6 is 0 Å². The van der Waals surface area contributed by atoms with Gasteiger partial charge in [-0.3, -0.25) is 0 Å². The van der Waals surface area contributed by atoms with Crippen molar-refractivity contribution in [2.24, 2.45) is 0 Å². The molecule has 0 fully saturated rings. The Bertz CT molecular complexity index is 231. The summed E-state index contributed by atoms with van der Waals surface area (Å²) in [7, 11) is 3.88. The summed E-state index contributed by atoms with van der Waals surface area (Å²) in [6, 6.07) is 0. The van der Waals surface area contributed by atoms with Gasteiger partial charge in [0.1, 0.15) is 5.83 Å². The standard InChI is InChI=1S/C11H19FN2/c1-5-11(7-6-10(2)12)14(4)9-8-13-3/h5-7,13H,2,8-9H2,1,3-4H3/b7-6-,11-5+. The third-order valence-corrected chi connectivity index (χ3v) is 1.87. The molecule has 0 spiro atoms. The molecule has 3 heteroatoms. The summed E-state index contributed by atoms with van der Waals surface area (Å²) < 4.78 is 12.4. The van der Waals surface area contributed by atoms with Crippen LogP contribution in [-0.4, -0.2) is 32.1 Å². The quantitative estimate of drug-likeness (QED) is 0.657. The SMILES string of the molecule is C=C(F)/C=C\C(=C/C)N(C)CCNC.